The van der Waals surface area contributed by atoms with E-state index in [4.69, 9.17) is 23.5 Å². The van der Waals surface area contributed by atoms with Crippen molar-refractivity contribution >= 4 is 19.7 Å². The first-order valence-corrected chi connectivity index (χ1v) is 9.99. The van der Waals surface area contributed by atoms with Crippen molar-refractivity contribution in [1.82, 2.24) is 0 Å². The predicted molar refractivity (Wildman–Crippen MR) is 104 cm³/mol. The fraction of sp³-hybridized carbons (Fsp3) is 0.263. The van der Waals surface area contributed by atoms with Crippen LogP contribution >= 0.6 is 7.60 Å². The predicted octanol–water partition coefficient (Wildman–Crippen LogP) is 4.09. The largest absolute Gasteiger partial charge is 0.493 e. The molecule has 1 N–H and O–H groups in total. The van der Waals surface area contributed by atoms with Crippen LogP contribution in [0.2, 0.25) is 0 Å². The average molecular weight is 394 g/mol. The monoisotopic (exact) mass is 394 g/mol. The second kappa shape index (κ2) is 8.84. The Kier molecular flexibility index (Phi) is 6.77. The van der Waals surface area contributed by atoms with Crippen molar-refractivity contribution in [2.24, 2.45) is 0 Å². The molecule has 8 heteroatoms. The molecule has 0 radical (unpaired) electrons. The first kappa shape index (κ1) is 20.7. The molecule has 7 nitrogen and oxygen atoms in total. The molecular weight excluding hydrogens is 371 g/mol. The lowest BCUT2D eigenvalue weighted by Crippen LogP contribution is -1.95. The lowest BCUT2D eigenvalue weighted by molar-refractivity contribution is 0.324. The van der Waals surface area contributed by atoms with Crippen molar-refractivity contribution in [2.45, 2.75) is 0 Å². The highest BCUT2D eigenvalue weighted by molar-refractivity contribution is 7.52. The van der Waals surface area contributed by atoms with Crippen molar-refractivity contribution in [1.29, 1.82) is 0 Å². The Morgan fingerprint density at radius 3 is 1.78 bits per heavy atom. The molecule has 0 fully saturated rings. The van der Waals surface area contributed by atoms with E-state index in [0.717, 1.165) is 17.8 Å². The molecule has 0 saturated carbocycles. The van der Waals surface area contributed by atoms with Crippen molar-refractivity contribution in [3.05, 3.63) is 41.5 Å². The maximum atomic E-state index is 11.6. The highest BCUT2D eigenvalue weighted by Gasteiger charge is 2.16. The van der Waals surface area contributed by atoms with E-state index >= 15 is 0 Å². The summed E-state index contributed by atoms with van der Waals surface area (Å²) in [6.07, 6.45) is 3.67. The molecule has 146 valence electrons. The van der Waals surface area contributed by atoms with Crippen LogP contribution in [-0.4, -0.2) is 40.0 Å². The molecule has 0 aliphatic rings. The van der Waals surface area contributed by atoms with Gasteiger partial charge in [0.15, 0.2) is 23.0 Å². The second-order valence-corrected chi connectivity index (χ2v) is 7.39. The van der Waals surface area contributed by atoms with E-state index in [1.807, 2.05) is 24.3 Å². The van der Waals surface area contributed by atoms with E-state index < -0.39 is 7.60 Å². The van der Waals surface area contributed by atoms with Gasteiger partial charge in [0.25, 0.3) is 0 Å². The van der Waals surface area contributed by atoms with Gasteiger partial charge >= 0.3 is 7.60 Å². The van der Waals surface area contributed by atoms with Crippen molar-refractivity contribution in [3.63, 3.8) is 0 Å². The quantitative estimate of drug-likeness (QED) is 0.533. The Hall–Kier alpha value is -2.63. The van der Waals surface area contributed by atoms with Crippen molar-refractivity contribution < 1.29 is 32.9 Å². The lowest BCUT2D eigenvalue weighted by atomic mass is 10.1. The normalized spacial score (nSPS) is 13.1. The Morgan fingerprint density at radius 1 is 0.778 bits per heavy atom. The van der Waals surface area contributed by atoms with Gasteiger partial charge in [0, 0.05) is 6.66 Å². The molecule has 0 heterocycles. The average Bonchev–Trinajstić information content (AvgIpc) is 2.64. The maximum Gasteiger partial charge on any atom is 0.373 e. The molecule has 1 atom stereocenters. The van der Waals surface area contributed by atoms with Gasteiger partial charge in [0.2, 0.25) is 5.75 Å². The van der Waals surface area contributed by atoms with Gasteiger partial charge in [-0.15, -0.1) is 0 Å². The molecule has 0 spiro atoms. The molecule has 2 aromatic carbocycles. The molecule has 0 bridgehead atoms. The van der Waals surface area contributed by atoms with Crippen LogP contribution in [0.15, 0.2) is 30.3 Å². The number of ether oxygens (including phenoxy) is 4. The number of methoxy groups -OCH3 is 4. The first-order chi connectivity index (χ1) is 12.8. The third-order valence-corrected chi connectivity index (χ3v) is 4.15. The maximum absolute atomic E-state index is 11.6. The summed E-state index contributed by atoms with van der Waals surface area (Å²) >= 11 is 0. The summed E-state index contributed by atoms with van der Waals surface area (Å²) in [6, 6.07) is 8.72. The minimum Gasteiger partial charge on any atom is -0.493 e. The van der Waals surface area contributed by atoms with Gasteiger partial charge in [-0.05, 0) is 35.4 Å². The van der Waals surface area contributed by atoms with E-state index in [1.165, 1.54) is 7.11 Å². The Bertz CT molecular complexity index is 845. The topological polar surface area (TPSA) is 83.5 Å². The summed E-state index contributed by atoms with van der Waals surface area (Å²) < 4.78 is 37.8. The van der Waals surface area contributed by atoms with Gasteiger partial charge < -0.3 is 28.4 Å². The molecule has 2 aromatic rings. The third kappa shape index (κ3) is 5.42. The molecule has 0 aromatic heterocycles. The zero-order valence-corrected chi connectivity index (χ0v) is 16.8. The number of hydrogen-bond donors (Lipinski definition) is 1. The SMILES string of the molecule is COc1ccc(/C=C\c2cc(OC)c(OC)c(OC)c2)cc1OP(C)(=O)O. The minimum atomic E-state index is -3.71. The van der Waals surface area contributed by atoms with E-state index in [0.29, 0.717) is 23.0 Å². The van der Waals surface area contributed by atoms with Gasteiger partial charge in [-0.1, -0.05) is 18.2 Å². The molecule has 0 amide bonds. The van der Waals surface area contributed by atoms with E-state index in [-0.39, 0.29) is 5.75 Å². The third-order valence-electron chi connectivity index (χ3n) is 3.61. The van der Waals surface area contributed by atoms with E-state index in [1.54, 1.807) is 39.5 Å². The molecule has 0 aliphatic carbocycles. The van der Waals surface area contributed by atoms with E-state index in [9.17, 15) is 9.46 Å². The molecule has 1 unspecified atom stereocenters. The van der Waals surface area contributed by atoms with Gasteiger partial charge in [-0.2, -0.15) is 0 Å². The fourth-order valence-corrected chi connectivity index (χ4v) is 2.95. The van der Waals surface area contributed by atoms with Crippen LogP contribution in [0.4, 0.5) is 0 Å². The van der Waals surface area contributed by atoms with Crippen molar-refractivity contribution in [2.75, 3.05) is 35.1 Å². The number of benzene rings is 2. The van der Waals surface area contributed by atoms with E-state index in [2.05, 4.69) is 0 Å². The molecule has 2 rings (SSSR count). The first-order valence-electron chi connectivity index (χ1n) is 7.97. The van der Waals surface area contributed by atoms with Crippen LogP contribution < -0.4 is 23.5 Å². The van der Waals surface area contributed by atoms with Crippen LogP contribution in [0, 0.1) is 0 Å². The molecular formula is C19H23O7P. The molecule has 27 heavy (non-hydrogen) atoms. The lowest BCUT2D eigenvalue weighted by Gasteiger charge is -2.13. The minimum absolute atomic E-state index is 0.192. The smallest absolute Gasteiger partial charge is 0.373 e. The zero-order valence-electron chi connectivity index (χ0n) is 15.9. The Morgan fingerprint density at radius 2 is 1.30 bits per heavy atom. The summed E-state index contributed by atoms with van der Waals surface area (Å²) in [7, 11) is 2.40. The standard InChI is InChI=1S/C19H23O7P/c1-22-15-9-8-13(10-16(15)26-27(5,20)21)6-7-14-11-17(23-2)19(25-4)18(12-14)24-3/h6-12H,1-5H3,(H,20,21)/b7-6-. The number of rotatable bonds is 8. The van der Waals surface area contributed by atoms with Gasteiger partial charge in [0.1, 0.15) is 0 Å². The van der Waals surface area contributed by atoms with Crippen LogP contribution in [0.5, 0.6) is 28.7 Å². The van der Waals surface area contributed by atoms with Gasteiger partial charge in [0.05, 0.1) is 28.4 Å². The van der Waals surface area contributed by atoms with Crippen LogP contribution in [0.3, 0.4) is 0 Å². The summed E-state index contributed by atoms with van der Waals surface area (Å²) in [5.41, 5.74) is 1.58. The van der Waals surface area contributed by atoms with Crippen LogP contribution in [-0.2, 0) is 4.57 Å². The summed E-state index contributed by atoms with van der Waals surface area (Å²) in [6.45, 7) is 1.12. The Balaban J connectivity index is 2.37. The van der Waals surface area contributed by atoms with Crippen LogP contribution in [0.25, 0.3) is 12.2 Å². The number of hydrogen-bond acceptors (Lipinski definition) is 6. The molecule has 0 saturated heterocycles. The molecule has 0 aliphatic heterocycles. The van der Waals surface area contributed by atoms with Gasteiger partial charge in [-0.3, -0.25) is 0 Å². The highest BCUT2D eigenvalue weighted by atomic mass is 31.2. The highest BCUT2D eigenvalue weighted by Crippen LogP contribution is 2.43. The Labute approximate surface area is 158 Å². The fourth-order valence-electron chi connectivity index (χ4n) is 2.44. The summed E-state index contributed by atoms with van der Waals surface area (Å²) in [5, 5.41) is 0. The van der Waals surface area contributed by atoms with Crippen molar-refractivity contribution in [3.8, 4) is 28.7 Å². The summed E-state index contributed by atoms with van der Waals surface area (Å²) in [5.74, 6) is 2.16. The summed E-state index contributed by atoms with van der Waals surface area (Å²) in [4.78, 5) is 9.47. The zero-order chi connectivity index (χ0) is 20.0. The van der Waals surface area contributed by atoms with Crippen LogP contribution in [0.1, 0.15) is 11.1 Å². The van der Waals surface area contributed by atoms with Gasteiger partial charge in [-0.25, -0.2) is 4.57 Å². The second-order valence-electron chi connectivity index (χ2n) is 5.60.